The van der Waals surface area contributed by atoms with Crippen molar-refractivity contribution in [2.45, 2.75) is 47.0 Å². The monoisotopic (exact) mass is 179 g/mol. The van der Waals surface area contributed by atoms with Crippen LogP contribution < -0.4 is 0 Å². The Kier molecular flexibility index (Phi) is 4.68. The predicted octanol–water partition coefficient (Wildman–Crippen LogP) is 3.71. The summed E-state index contributed by atoms with van der Waals surface area (Å²) in [6, 6.07) is 4.16. The summed E-state index contributed by atoms with van der Waals surface area (Å²) >= 11 is 0. The van der Waals surface area contributed by atoms with Crippen LogP contribution in [0.15, 0.2) is 18.3 Å². The molecular weight excluding hydrogens is 158 g/mol. The molecule has 0 spiro atoms. The van der Waals surface area contributed by atoms with Crippen LogP contribution in [0.25, 0.3) is 0 Å². The average Bonchev–Trinajstić information content (AvgIpc) is 2.06. The molecule has 0 aliphatic rings. The smallest absolute Gasteiger partial charge is 0.0459 e. The largest absolute Gasteiger partial charge is 0.261 e. The van der Waals surface area contributed by atoms with Gasteiger partial charge in [-0.2, -0.15) is 0 Å². The Morgan fingerprint density at radius 2 is 1.69 bits per heavy atom. The molecule has 74 valence electrons. The molecular formula is C12H21N. The zero-order valence-electron chi connectivity index (χ0n) is 9.68. The minimum Gasteiger partial charge on any atom is -0.261 e. The number of hydrogen-bond acceptors (Lipinski definition) is 1. The lowest BCUT2D eigenvalue weighted by molar-refractivity contribution is 0.568. The molecule has 0 bridgehead atoms. The van der Waals surface area contributed by atoms with Crippen LogP contribution in [0.4, 0.5) is 0 Å². The van der Waals surface area contributed by atoms with E-state index in [1.165, 1.54) is 5.56 Å². The highest BCUT2D eigenvalue weighted by atomic mass is 14.7. The number of pyridine rings is 1. The molecule has 0 N–H and O–H groups in total. The van der Waals surface area contributed by atoms with Crippen LogP contribution in [-0.4, -0.2) is 4.98 Å². The summed E-state index contributed by atoms with van der Waals surface area (Å²) in [7, 11) is 0. The van der Waals surface area contributed by atoms with Gasteiger partial charge in [0.25, 0.3) is 0 Å². The molecule has 0 saturated heterocycles. The van der Waals surface area contributed by atoms with E-state index in [0.29, 0.717) is 0 Å². The van der Waals surface area contributed by atoms with Crippen molar-refractivity contribution in [1.29, 1.82) is 0 Å². The Balaban J connectivity index is 0.000000671. The van der Waals surface area contributed by atoms with Gasteiger partial charge in [0.15, 0.2) is 0 Å². The van der Waals surface area contributed by atoms with E-state index in [2.05, 4.69) is 38.7 Å². The number of rotatable bonds is 0. The first kappa shape index (κ1) is 12.2. The summed E-state index contributed by atoms with van der Waals surface area (Å²) in [6.07, 6.45) is 1.87. The van der Waals surface area contributed by atoms with Gasteiger partial charge in [-0.1, -0.05) is 34.6 Å². The molecule has 1 aromatic heterocycles. The van der Waals surface area contributed by atoms with Crippen molar-refractivity contribution in [3.63, 3.8) is 0 Å². The van der Waals surface area contributed by atoms with Crippen LogP contribution in [0.3, 0.4) is 0 Å². The van der Waals surface area contributed by atoms with E-state index in [0.717, 1.165) is 5.69 Å². The van der Waals surface area contributed by atoms with Gasteiger partial charge in [0.1, 0.15) is 0 Å². The number of aromatic nitrogens is 1. The van der Waals surface area contributed by atoms with Gasteiger partial charge < -0.3 is 0 Å². The fourth-order valence-electron chi connectivity index (χ4n) is 0.946. The van der Waals surface area contributed by atoms with Gasteiger partial charge in [0.05, 0.1) is 0 Å². The molecule has 1 nitrogen and oxygen atoms in total. The van der Waals surface area contributed by atoms with Crippen LogP contribution in [0.2, 0.25) is 0 Å². The second kappa shape index (κ2) is 5.00. The quantitative estimate of drug-likeness (QED) is 0.591. The fourth-order valence-corrected chi connectivity index (χ4v) is 0.946. The van der Waals surface area contributed by atoms with Gasteiger partial charge in [-0.25, -0.2) is 0 Å². The number of aryl methyl sites for hydroxylation is 1. The summed E-state index contributed by atoms with van der Waals surface area (Å²) in [5, 5.41) is 0. The van der Waals surface area contributed by atoms with Crippen LogP contribution in [0, 0.1) is 6.92 Å². The fraction of sp³-hybridized carbons (Fsp3) is 0.583. The molecule has 1 heteroatoms. The maximum Gasteiger partial charge on any atom is 0.0459 e. The summed E-state index contributed by atoms with van der Waals surface area (Å²) < 4.78 is 0. The van der Waals surface area contributed by atoms with Crippen LogP contribution in [0.5, 0.6) is 0 Å². The summed E-state index contributed by atoms with van der Waals surface area (Å²) in [4.78, 5) is 4.31. The van der Waals surface area contributed by atoms with Crippen molar-refractivity contribution in [2.24, 2.45) is 0 Å². The highest BCUT2D eigenvalue weighted by Crippen LogP contribution is 2.19. The average molecular weight is 179 g/mol. The topological polar surface area (TPSA) is 12.9 Å². The van der Waals surface area contributed by atoms with Gasteiger partial charge in [-0.3, -0.25) is 4.98 Å². The molecule has 0 aromatic carbocycles. The molecule has 1 heterocycles. The van der Waals surface area contributed by atoms with Crippen molar-refractivity contribution in [3.05, 3.63) is 29.6 Å². The van der Waals surface area contributed by atoms with Gasteiger partial charge >= 0.3 is 0 Å². The Morgan fingerprint density at radius 1 is 1.15 bits per heavy atom. The lowest BCUT2D eigenvalue weighted by atomic mass is 9.91. The molecule has 0 aliphatic heterocycles. The lowest BCUT2D eigenvalue weighted by Crippen LogP contribution is -2.13. The molecule has 1 rings (SSSR count). The summed E-state index contributed by atoms with van der Waals surface area (Å²) in [5.74, 6) is 0. The lowest BCUT2D eigenvalue weighted by Gasteiger charge is -2.17. The maximum absolute atomic E-state index is 4.31. The molecule has 0 fully saturated rings. The van der Waals surface area contributed by atoms with Crippen molar-refractivity contribution >= 4 is 0 Å². The number of nitrogens with zero attached hydrogens (tertiary/aromatic N) is 1. The standard InChI is InChI=1S/C10H15N.C2H6/c1-8-5-6-11-9(7-8)10(2,3)4;1-2/h5-7H,1-4H3;1-2H3. The van der Waals surface area contributed by atoms with E-state index < -0.39 is 0 Å². The van der Waals surface area contributed by atoms with Gasteiger partial charge in [0, 0.05) is 17.3 Å². The number of hydrogen-bond donors (Lipinski definition) is 0. The van der Waals surface area contributed by atoms with E-state index in [-0.39, 0.29) is 5.41 Å². The Hall–Kier alpha value is -0.850. The molecule has 0 saturated carbocycles. The predicted molar refractivity (Wildman–Crippen MR) is 59.0 cm³/mol. The first-order chi connectivity index (χ1) is 6.00. The molecule has 0 radical (unpaired) electrons. The maximum atomic E-state index is 4.31. The second-order valence-corrected chi connectivity index (χ2v) is 3.97. The van der Waals surface area contributed by atoms with E-state index >= 15 is 0 Å². The van der Waals surface area contributed by atoms with Crippen molar-refractivity contribution < 1.29 is 0 Å². The molecule has 0 aliphatic carbocycles. The van der Waals surface area contributed by atoms with Gasteiger partial charge in [-0.15, -0.1) is 0 Å². The minimum absolute atomic E-state index is 0.173. The van der Waals surface area contributed by atoms with Crippen molar-refractivity contribution in [3.8, 4) is 0 Å². The zero-order chi connectivity index (χ0) is 10.5. The first-order valence-electron chi connectivity index (χ1n) is 4.93. The SMILES string of the molecule is CC.Cc1ccnc(C(C)(C)C)c1. The second-order valence-electron chi connectivity index (χ2n) is 3.97. The molecule has 0 amide bonds. The first-order valence-corrected chi connectivity index (χ1v) is 4.93. The third-order valence-corrected chi connectivity index (χ3v) is 1.68. The van der Waals surface area contributed by atoms with Crippen LogP contribution >= 0.6 is 0 Å². The third kappa shape index (κ3) is 4.07. The summed E-state index contributed by atoms with van der Waals surface area (Å²) in [5.41, 5.74) is 2.62. The van der Waals surface area contributed by atoms with E-state index in [1.54, 1.807) is 0 Å². The van der Waals surface area contributed by atoms with Gasteiger partial charge in [0.2, 0.25) is 0 Å². The third-order valence-electron chi connectivity index (χ3n) is 1.68. The molecule has 1 aromatic rings. The van der Waals surface area contributed by atoms with E-state index in [1.807, 2.05) is 26.1 Å². The van der Waals surface area contributed by atoms with Crippen LogP contribution in [0.1, 0.15) is 45.9 Å². The van der Waals surface area contributed by atoms with Crippen LogP contribution in [-0.2, 0) is 5.41 Å². The zero-order valence-corrected chi connectivity index (χ0v) is 9.68. The molecule has 0 atom stereocenters. The Morgan fingerprint density at radius 3 is 2.00 bits per heavy atom. The van der Waals surface area contributed by atoms with E-state index in [4.69, 9.17) is 0 Å². The normalized spacial score (nSPS) is 10.3. The molecule has 13 heavy (non-hydrogen) atoms. The van der Waals surface area contributed by atoms with Crippen molar-refractivity contribution in [1.82, 2.24) is 4.98 Å². The Labute approximate surface area is 82.2 Å². The summed E-state index contributed by atoms with van der Waals surface area (Å²) in [6.45, 7) is 12.6. The Bertz CT molecular complexity index is 246. The molecule has 0 unspecified atom stereocenters. The highest BCUT2D eigenvalue weighted by Gasteiger charge is 2.14. The highest BCUT2D eigenvalue weighted by molar-refractivity contribution is 5.19. The minimum atomic E-state index is 0.173. The van der Waals surface area contributed by atoms with Crippen molar-refractivity contribution in [2.75, 3.05) is 0 Å². The van der Waals surface area contributed by atoms with Gasteiger partial charge in [-0.05, 0) is 24.6 Å². The van der Waals surface area contributed by atoms with E-state index in [9.17, 15) is 0 Å².